The molecule has 188 valence electrons. The van der Waals surface area contributed by atoms with Gasteiger partial charge in [-0.25, -0.2) is 22.5 Å². The van der Waals surface area contributed by atoms with Crippen molar-refractivity contribution >= 4 is 0 Å². The van der Waals surface area contributed by atoms with Crippen LogP contribution in [0.15, 0.2) is 84.2 Å². The topological polar surface area (TPSA) is 76.1 Å². The average Bonchev–Trinajstić information content (AvgIpc) is 3.51. The highest BCUT2D eigenvalue weighted by Crippen LogP contribution is 2.29. The summed E-state index contributed by atoms with van der Waals surface area (Å²) in [5, 5.41) is 8.82. The van der Waals surface area contributed by atoms with Gasteiger partial charge >= 0.3 is 0 Å². The third kappa shape index (κ3) is 4.58. The maximum absolute atomic E-state index is 14.0. The van der Waals surface area contributed by atoms with Gasteiger partial charge in [0, 0.05) is 31.1 Å². The second-order valence-electron chi connectivity index (χ2n) is 7.96. The van der Waals surface area contributed by atoms with Gasteiger partial charge in [0.2, 0.25) is 6.36 Å². The van der Waals surface area contributed by atoms with Crippen molar-refractivity contribution in [2.24, 2.45) is 0 Å². The molecule has 3 heterocycles. The van der Waals surface area contributed by atoms with Gasteiger partial charge in [0.15, 0.2) is 28.8 Å². The van der Waals surface area contributed by atoms with Gasteiger partial charge in [0.1, 0.15) is 5.69 Å². The average molecular weight is 507 g/mol. The molecule has 0 amide bonds. The summed E-state index contributed by atoms with van der Waals surface area (Å²) in [6.45, 7) is 1.19. The minimum absolute atomic E-state index is 0.0164. The summed E-state index contributed by atoms with van der Waals surface area (Å²) in [5.74, 6) is -2.07. The lowest BCUT2D eigenvalue weighted by Crippen LogP contribution is -2.18. The fraction of sp³-hybridized carbons (Fsp3) is 0.115. The Labute approximate surface area is 208 Å². The number of nitrogens with zero attached hydrogens (tertiary/aromatic N) is 5. The van der Waals surface area contributed by atoms with E-state index >= 15 is 0 Å². The molecule has 0 aliphatic heterocycles. The van der Waals surface area contributed by atoms with Crippen LogP contribution in [0, 0.1) is 11.6 Å². The van der Waals surface area contributed by atoms with Crippen LogP contribution in [0.3, 0.4) is 0 Å². The Morgan fingerprint density at radius 2 is 1.65 bits per heavy atom. The van der Waals surface area contributed by atoms with E-state index in [0.717, 1.165) is 12.4 Å². The molecule has 0 bridgehead atoms. The number of hydrogen-bond acceptors (Lipinski definition) is 5. The molecule has 0 aliphatic rings. The van der Waals surface area contributed by atoms with Gasteiger partial charge in [-0.2, -0.15) is 10.2 Å². The molecular weight excluding hydrogens is 487 g/mol. The van der Waals surface area contributed by atoms with E-state index in [-0.39, 0.29) is 22.9 Å². The maximum Gasteiger partial charge on any atom is 0.251 e. The number of aromatic nitrogens is 5. The van der Waals surface area contributed by atoms with Crippen molar-refractivity contribution in [2.45, 2.75) is 13.3 Å². The first-order valence-corrected chi connectivity index (χ1v) is 11.1. The van der Waals surface area contributed by atoms with Crippen molar-refractivity contribution < 1.29 is 22.6 Å². The van der Waals surface area contributed by atoms with Crippen LogP contribution < -0.4 is 14.9 Å². The Kier molecular flexibility index (Phi) is 6.26. The van der Waals surface area contributed by atoms with Crippen molar-refractivity contribution in [3.63, 3.8) is 0 Å². The summed E-state index contributed by atoms with van der Waals surface area (Å²) in [6.07, 6.45) is 3.07. The fourth-order valence-corrected chi connectivity index (χ4v) is 3.84. The van der Waals surface area contributed by atoms with E-state index in [4.69, 9.17) is 9.47 Å². The number of rotatable bonds is 7. The van der Waals surface area contributed by atoms with Gasteiger partial charge < -0.3 is 14.0 Å². The first-order chi connectivity index (χ1) is 17.9. The van der Waals surface area contributed by atoms with Crippen LogP contribution in [-0.2, 0) is 0 Å². The normalized spacial score (nSPS) is 11.9. The number of hydrogen-bond donors (Lipinski definition) is 0. The number of methoxy groups -OCH3 is 1. The highest BCUT2D eigenvalue weighted by atomic mass is 19.2. The van der Waals surface area contributed by atoms with Crippen LogP contribution in [0.1, 0.15) is 6.92 Å². The Balaban J connectivity index is 1.68. The van der Waals surface area contributed by atoms with Crippen LogP contribution in [0.4, 0.5) is 13.2 Å². The Hall–Kier alpha value is -4.80. The smallest absolute Gasteiger partial charge is 0.251 e. The molecule has 1 atom stereocenters. The molecule has 0 radical (unpaired) electrons. The predicted octanol–water partition coefficient (Wildman–Crippen LogP) is 4.86. The van der Waals surface area contributed by atoms with E-state index in [2.05, 4.69) is 10.2 Å². The third-order valence-corrected chi connectivity index (χ3v) is 5.50. The maximum atomic E-state index is 14.0. The van der Waals surface area contributed by atoms with E-state index in [1.165, 1.54) is 47.8 Å². The van der Waals surface area contributed by atoms with Crippen molar-refractivity contribution in [3.8, 4) is 39.9 Å². The van der Waals surface area contributed by atoms with Crippen LogP contribution in [-0.4, -0.2) is 37.6 Å². The van der Waals surface area contributed by atoms with E-state index in [9.17, 15) is 18.0 Å². The molecule has 8 nitrogen and oxygen atoms in total. The molecule has 37 heavy (non-hydrogen) atoms. The molecule has 3 aromatic heterocycles. The molecule has 0 saturated heterocycles. The number of halogens is 3. The minimum atomic E-state index is -1.72. The highest BCUT2D eigenvalue weighted by molar-refractivity contribution is 5.60. The summed E-state index contributed by atoms with van der Waals surface area (Å²) >= 11 is 0. The molecule has 11 heteroatoms. The Morgan fingerprint density at radius 3 is 2.32 bits per heavy atom. The van der Waals surface area contributed by atoms with Crippen molar-refractivity contribution in [1.82, 2.24) is 24.1 Å². The lowest BCUT2D eigenvalue weighted by Gasteiger charge is -2.17. The Morgan fingerprint density at radius 1 is 0.919 bits per heavy atom. The van der Waals surface area contributed by atoms with E-state index in [1.807, 2.05) is 30.3 Å². The summed E-state index contributed by atoms with van der Waals surface area (Å²) in [4.78, 5) is 13.2. The summed E-state index contributed by atoms with van der Waals surface area (Å²) in [6, 6.07) is 15.3. The van der Waals surface area contributed by atoms with Crippen LogP contribution in [0.25, 0.3) is 28.5 Å². The quantitative estimate of drug-likeness (QED) is 0.315. The SMILES string of the molecule is COc1cn(-c2ccc(-n3cc(F)c(F)c3)cc2OC(C)F)nc(-c2ccnn2-c2ccccc2)c1=O. The zero-order valence-electron chi connectivity index (χ0n) is 19.7. The van der Waals surface area contributed by atoms with E-state index < -0.39 is 23.4 Å². The molecule has 1 unspecified atom stereocenters. The number of para-hydroxylation sites is 1. The number of ether oxygens (including phenoxy) is 2. The van der Waals surface area contributed by atoms with Gasteiger partial charge in [0.25, 0.3) is 5.43 Å². The van der Waals surface area contributed by atoms with Crippen LogP contribution in [0.5, 0.6) is 11.5 Å². The number of alkyl halides is 1. The van der Waals surface area contributed by atoms with Crippen molar-refractivity contribution in [2.75, 3.05) is 7.11 Å². The second kappa shape index (κ2) is 9.69. The first kappa shape index (κ1) is 23.9. The molecule has 5 rings (SSSR count). The summed E-state index contributed by atoms with van der Waals surface area (Å²) in [7, 11) is 1.35. The minimum Gasteiger partial charge on any atom is -0.491 e. The van der Waals surface area contributed by atoms with Gasteiger partial charge in [-0.15, -0.1) is 0 Å². The summed E-state index contributed by atoms with van der Waals surface area (Å²) < 4.78 is 55.9. The molecule has 0 saturated carbocycles. The van der Waals surface area contributed by atoms with Gasteiger partial charge in [-0.05, 0) is 30.3 Å². The van der Waals surface area contributed by atoms with Gasteiger partial charge in [-0.3, -0.25) is 4.79 Å². The lowest BCUT2D eigenvalue weighted by molar-refractivity contribution is 0.0858. The van der Waals surface area contributed by atoms with Crippen molar-refractivity contribution in [3.05, 3.63) is 101 Å². The molecule has 0 fully saturated rings. The molecule has 0 aliphatic carbocycles. The molecule has 0 N–H and O–H groups in total. The fourth-order valence-electron chi connectivity index (χ4n) is 3.84. The largest absolute Gasteiger partial charge is 0.491 e. The zero-order chi connectivity index (χ0) is 26.1. The van der Waals surface area contributed by atoms with Gasteiger partial charge in [-0.1, -0.05) is 18.2 Å². The second-order valence-corrected chi connectivity index (χ2v) is 7.96. The molecular formula is C26H20F3N5O3. The highest BCUT2D eigenvalue weighted by Gasteiger charge is 2.20. The molecule has 0 spiro atoms. The molecule has 2 aromatic carbocycles. The lowest BCUT2D eigenvalue weighted by atomic mass is 10.2. The Bertz CT molecular complexity index is 1610. The number of benzene rings is 2. The zero-order valence-corrected chi connectivity index (χ0v) is 19.7. The van der Waals surface area contributed by atoms with E-state index in [0.29, 0.717) is 17.1 Å². The van der Waals surface area contributed by atoms with Gasteiger partial charge in [0.05, 0.1) is 30.9 Å². The van der Waals surface area contributed by atoms with Crippen LogP contribution in [0.2, 0.25) is 0 Å². The first-order valence-electron chi connectivity index (χ1n) is 11.1. The third-order valence-electron chi connectivity index (χ3n) is 5.50. The monoisotopic (exact) mass is 507 g/mol. The summed E-state index contributed by atoms with van der Waals surface area (Å²) in [5.41, 5.74) is 1.24. The van der Waals surface area contributed by atoms with Crippen molar-refractivity contribution in [1.29, 1.82) is 0 Å². The van der Waals surface area contributed by atoms with E-state index in [1.54, 1.807) is 16.8 Å². The van der Waals surface area contributed by atoms with Crippen LogP contribution >= 0.6 is 0 Å². The molecule has 5 aromatic rings. The predicted molar refractivity (Wildman–Crippen MR) is 129 cm³/mol. The standard InChI is InChI=1S/C26H20F3N5O3/c1-16(27)37-23-12-18(32-13-19(28)20(29)14-32)8-9-21(23)33-15-24(36-2)26(35)25(31-33)22-10-11-30-34(22)17-6-4-3-5-7-17/h3-16H,1-2H3.